The number of nitrogens with zero attached hydrogens (tertiary/aromatic N) is 4. The fourth-order valence-electron chi connectivity index (χ4n) is 2.03. The van der Waals surface area contributed by atoms with Crippen molar-refractivity contribution < 1.29 is 4.74 Å². The van der Waals surface area contributed by atoms with E-state index < -0.39 is 0 Å². The van der Waals surface area contributed by atoms with E-state index in [4.69, 9.17) is 16.3 Å². The summed E-state index contributed by atoms with van der Waals surface area (Å²) in [6.45, 7) is 5.47. The summed E-state index contributed by atoms with van der Waals surface area (Å²) in [5.41, 5.74) is 0. The zero-order chi connectivity index (χ0) is 13.0. The monoisotopic (exact) mass is 271 g/mol. The standard InChI is InChI=1S/C11H18ClN5O/c1-3-18-11-15-9(12)14-10(16-11)13-6-8-4-5-17(2)7-8/h8H,3-7H2,1-2H3,(H,13,14,15,16). The van der Waals surface area contributed by atoms with Crippen LogP contribution in [0.5, 0.6) is 6.01 Å². The Morgan fingerprint density at radius 2 is 2.28 bits per heavy atom. The number of hydrogen-bond acceptors (Lipinski definition) is 6. The second-order valence-electron chi connectivity index (χ2n) is 4.44. The van der Waals surface area contributed by atoms with E-state index in [1.807, 2.05) is 6.92 Å². The van der Waals surface area contributed by atoms with Gasteiger partial charge in [0.1, 0.15) is 0 Å². The Morgan fingerprint density at radius 1 is 1.44 bits per heavy atom. The van der Waals surface area contributed by atoms with Crippen LogP contribution in [0, 0.1) is 5.92 Å². The van der Waals surface area contributed by atoms with Crippen LogP contribution in [0.3, 0.4) is 0 Å². The molecule has 7 heteroatoms. The molecule has 0 amide bonds. The summed E-state index contributed by atoms with van der Waals surface area (Å²) in [6.07, 6.45) is 1.20. The van der Waals surface area contributed by atoms with Crippen LogP contribution in [-0.2, 0) is 0 Å². The van der Waals surface area contributed by atoms with Crippen molar-refractivity contribution >= 4 is 17.5 Å². The molecule has 0 aliphatic carbocycles. The first-order valence-electron chi connectivity index (χ1n) is 6.14. The van der Waals surface area contributed by atoms with E-state index in [0.717, 1.165) is 19.6 Å². The predicted molar refractivity (Wildman–Crippen MR) is 70.1 cm³/mol. The van der Waals surface area contributed by atoms with Crippen LogP contribution >= 0.6 is 11.6 Å². The molecule has 0 bridgehead atoms. The number of halogens is 1. The minimum atomic E-state index is 0.152. The maximum absolute atomic E-state index is 5.81. The number of hydrogen-bond donors (Lipinski definition) is 1. The van der Waals surface area contributed by atoms with Gasteiger partial charge in [0.2, 0.25) is 11.2 Å². The van der Waals surface area contributed by atoms with Crippen LogP contribution in [0.1, 0.15) is 13.3 Å². The molecule has 2 rings (SSSR count). The topological polar surface area (TPSA) is 63.2 Å². The molecule has 1 saturated heterocycles. The molecule has 0 spiro atoms. The highest BCUT2D eigenvalue weighted by Gasteiger charge is 2.19. The Labute approximate surface area is 112 Å². The van der Waals surface area contributed by atoms with Crippen LogP contribution in [0.15, 0.2) is 0 Å². The Morgan fingerprint density at radius 3 is 2.94 bits per heavy atom. The van der Waals surface area contributed by atoms with Crippen molar-refractivity contribution in [3.8, 4) is 6.01 Å². The van der Waals surface area contributed by atoms with Crippen molar-refractivity contribution in [3.63, 3.8) is 0 Å². The molecule has 1 N–H and O–H groups in total. The summed E-state index contributed by atoms with van der Waals surface area (Å²) in [4.78, 5) is 14.4. The third kappa shape index (κ3) is 3.68. The molecule has 1 aromatic rings. The first-order chi connectivity index (χ1) is 8.67. The summed E-state index contributed by atoms with van der Waals surface area (Å²) in [5.74, 6) is 1.11. The van der Waals surface area contributed by atoms with Crippen molar-refractivity contribution in [1.29, 1.82) is 0 Å². The van der Waals surface area contributed by atoms with Gasteiger partial charge in [0.15, 0.2) is 0 Å². The summed E-state index contributed by atoms with van der Waals surface area (Å²) in [6, 6.07) is 0.267. The molecule has 1 fully saturated rings. The molecule has 0 saturated carbocycles. The number of nitrogens with one attached hydrogen (secondary N) is 1. The second-order valence-corrected chi connectivity index (χ2v) is 4.78. The van der Waals surface area contributed by atoms with Crippen LogP contribution < -0.4 is 10.1 Å². The van der Waals surface area contributed by atoms with E-state index in [1.165, 1.54) is 6.42 Å². The van der Waals surface area contributed by atoms with Crippen molar-refractivity contribution in [2.45, 2.75) is 13.3 Å². The minimum absolute atomic E-state index is 0.152. The van der Waals surface area contributed by atoms with Gasteiger partial charge in [0, 0.05) is 13.1 Å². The number of anilines is 1. The Balaban J connectivity index is 1.92. The first kappa shape index (κ1) is 13.3. The number of ether oxygens (including phenoxy) is 1. The van der Waals surface area contributed by atoms with Crippen molar-refractivity contribution in [2.75, 3.05) is 38.6 Å². The minimum Gasteiger partial charge on any atom is -0.464 e. The number of aromatic nitrogens is 3. The zero-order valence-electron chi connectivity index (χ0n) is 10.7. The molecule has 6 nitrogen and oxygen atoms in total. The lowest BCUT2D eigenvalue weighted by molar-refractivity contribution is 0.312. The molecule has 18 heavy (non-hydrogen) atoms. The van der Waals surface area contributed by atoms with E-state index in [0.29, 0.717) is 18.5 Å². The highest BCUT2D eigenvalue weighted by Crippen LogP contribution is 2.16. The fraction of sp³-hybridized carbons (Fsp3) is 0.727. The summed E-state index contributed by atoms with van der Waals surface area (Å²) < 4.78 is 5.22. The van der Waals surface area contributed by atoms with Gasteiger partial charge < -0.3 is 15.0 Å². The molecule has 1 aromatic heterocycles. The van der Waals surface area contributed by atoms with Gasteiger partial charge in [0.05, 0.1) is 6.61 Å². The van der Waals surface area contributed by atoms with Gasteiger partial charge in [0.25, 0.3) is 0 Å². The number of likely N-dealkylation sites (tertiary alicyclic amines) is 1. The van der Waals surface area contributed by atoms with Gasteiger partial charge in [-0.2, -0.15) is 15.0 Å². The molecule has 1 aliphatic rings. The quantitative estimate of drug-likeness (QED) is 0.871. The third-order valence-corrected chi connectivity index (χ3v) is 3.07. The van der Waals surface area contributed by atoms with Gasteiger partial charge in [-0.25, -0.2) is 0 Å². The SMILES string of the molecule is CCOc1nc(Cl)nc(NCC2CCN(C)C2)n1. The molecular weight excluding hydrogens is 254 g/mol. The molecule has 1 atom stereocenters. The molecular formula is C11H18ClN5O. The smallest absolute Gasteiger partial charge is 0.322 e. The number of rotatable bonds is 5. The summed E-state index contributed by atoms with van der Waals surface area (Å²) in [7, 11) is 2.13. The van der Waals surface area contributed by atoms with E-state index in [-0.39, 0.29) is 11.3 Å². The molecule has 1 aliphatic heterocycles. The van der Waals surface area contributed by atoms with Crippen molar-refractivity contribution in [2.24, 2.45) is 5.92 Å². The first-order valence-corrected chi connectivity index (χ1v) is 6.52. The van der Waals surface area contributed by atoms with Gasteiger partial charge >= 0.3 is 6.01 Å². The average Bonchev–Trinajstić information content (AvgIpc) is 2.72. The van der Waals surface area contributed by atoms with E-state index in [2.05, 4.69) is 32.2 Å². The lowest BCUT2D eigenvalue weighted by atomic mass is 10.1. The average molecular weight is 272 g/mol. The highest BCUT2D eigenvalue weighted by molar-refractivity contribution is 6.28. The highest BCUT2D eigenvalue weighted by atomic mass is 35.5. The van der Waals surface area contributed by atoms with Crippen LogP contribution in [0.4, 0.5) is 5.95 Å². The fourth-order valence-corrected chi connectivity index (χ4v) is 2.19. The molecule has 2 heterocycles. The van der Waals surface area contributed by atoms with E-state index in [9.17, 15) is 0 Å². The van der Waals surface area contributed by atoms with Gasteiger partial charge in [-0.1, -0.05) is 0 Å². The van der Waals surface area contributed by atoms with Gasteiger partial charge in [-0.15, -0.1) is 0 Å². The lowest BCUT2D eigenvalue weighted by Gasteiger charge is -2.12. The molecule has 1 unspecified atom stereocenters. The molecule has 100 valence electrons. The Hall–Kier alpha value is -1.14. The molecule has 0 aromatic carbocycles. The summed E-state index contributed by atoms with van der Waals surface area (Å²) in [5, 5.41) is 3.35. The third-order valence-electron chi connectivity index (χ3n) is 2.90. The maximum atomic E-state index is 5.81. The van der Waals surface area contributed by atoms with E-state index in [1.54, 1.807) is 0 Å². The Kier molecular flexibility index (Phi) is 4.54. The van der Waals surface area contributed by atoms with Crippen molar-refractivity contribution in [1.82, 2.24) is 19.9 Å². The van der Waals surface area contributed by atoms with Crippen LogP contribution in [0.2, 0.25) is 5.28 Å². The largest absolute Gasteiger partial charge is 0.464 e. The van der Waals surface area contributed by atoms with Gasteiger partial charge in [-0.05, 0) is 44.5 Å². The normalized spacial score (nSPS) is 20.1. The lowest BCUT2D eigenvalue weighted by Crippen LogP contribution is -2.20. The van der Waals surface area contributed by atoms with E-state index >= 15 is 0 Å². The zero-order valence-corrected chi connectivity index (χ0v) is 11.4. The van der Waals surface area contributed by atoms with Crippen LogP contribution in [0.25, 0.3) is 0 Å². The second kappa shape index (κ2) is 6.15. The summed E-state index contributed by atoms with van der Waals surface area (Å²) >= 11 is 5.81. The van der Waals surface area contributed by atoms with Crippen molar-refractivity contribution in [3.05, 3.63) is 5.28 Å². The Bertz CT molecular complexity index is 403. The van der Waals surface area contributed by atoms with Crippen LogP contribution in [-0.4, -0.2) is 53.1 Å². The predicted octanol–water partition coefficient (Wildman–Crippen LogP) is 1.29. The maximum Gasteiger partial charge on any atom is 0.322 e. The van der Waals surface area contributed by atoms with Gasteiger partial charge in [-0.3, -0.25) is 0 Å². The molecule has 0 radical (unpaired) electrons.